The standard InChI is InChI=1S/C27H20F3N3/c1-17-9-11-20(12-10-17)33-24-14-13-21(16-23(24)31-25(33)27(28,29)30)32-18(2)22-8-6-5-7-15-26(22,4)19(32)3/h5-6,8-14,16H,2-3H2,1,4H3. The Hall–Kier alpha value is -3.98. The Labute approximate surface area is 189 Å². The summed E-state index contributed by atoms with van der Waals surface area (Å²) in [4.78, 5) is 5.83. The van der Waals surface area contributed by atoms with Gasteiger partial charge in [-0.1, -0.05) is 54.8 Å². The minimum absolute atomic E-state index is 0.234. The molecule has 0 N–H and O–H groups in total. The maximum Gasteiger partial charge on any atom is 0.450 e. The van der Waals surface area contributed by atoms with Gasteiger partial charge in [-0.15, -0.1) is 0 Å². The molecule has 164 valence electrons. The SMILES string of the molecule is C=C1C2=CC=CC#CC2(C)C(=C)N1c1ccc2c(c1)nc(C(F)(F)F)n2-c1ccc(C)cc1. The van der Waals surface area contributed by atoms with Crippen LogP contribution in [-0.2, 0) is 6.18 Å². The number of hydrogen-bond donors (Lipinski definition) is 0. The Balaban J connectivity index is 1.68. The van der Waals surface area contributed by atoms with Crippen LogP contribution in [0.4, 0.5) is 18.9 Å². The van der Waals surface area contributed by atoms with E-state index in [1.54, 1.807) is 48.5 Å². The second-order valence-electron chi connectivity index (χ2n) is 8.34. The van der Waals surface area contributed by atoms with E-state index in [1.807, 2.05) is 30.9 Å². The highest BCUT2D eigenvalue weighted by atomic mass is 19.4. The van der Waals surface area contributed by atoms with Gasteiger partial charge >= 0.3 is 6.18 Å². The van der Waals surface area contributed by atoms with Gasteiger partial charge in [-0.25, -0.2) is 4.98 Å². The topological polar surface area (TPSA) is 21.1 Å². The molecule has 3 aromatic rings. The second kappa shape index (κ2) is 7.01. The Morgan fingerprint density at radius 1 is 1.03 bits per heavy atom. The summed E-state index contributed by atoms with van der Waals surface area (Å²) in [6.45, 7) is 12.3. The molecule has 33 heavy (non-hydrogen) atoms. The van der Waals surface area contributed by atoms with E-state index in [1.165, 1.54) is 0 Å². The summed E-state index contributed by atoms with van der Waals surface area (Å²) < 4.78 is 42.9. The molecule has 0 amide bonds. The molecule has 2 aliphatic rings. The van der Waals surface area contributed by atoms with Gasteiger partial charge in [0.15, 0.2) is 0 Å². The van der Waals surface area contributed by atoms with Gasteiger partial charge in [0, 0.05) is 22.8 Å². The number of imidazole rings is 1. The first kappa shape index (κ1) is 20.9. The third-order valence-corrected chi connectivity index (χ3v) is 6.17. The van der Waals surface area contributed by atoms with Crippen LogP contribution in [0.15, 0.2) is 90.8 Å². The fourth-order valence-corrected chi connectivity index (χ4v) is 4.40. The predicted molar refractivity (Wildman–Crippen MR) is 125 cm³/mol. The van der Waals surface area contributed by atoms with E-state index in [-0.39, 0.29) is 5.52 Å². The number of anilines is 1. The highest BCUT2D eigenvalue weighted by Gasteiger charge is 2.44. The third-order valence-electron chi connectivity index (χ3n) is 6.17. The lowest BCUT2D eigenvalue weighted by Crippen LogP contribution is -2.19. The smallest absolute Gasteiger partial charge is 0.313 e. The molecule has 1 saturated heterocycles. The molecule has 2 aromatic carbocycles. The van der Waals surface area contributed by atoms with Crippen LogP contribution in [0.25, 0.3) is 16.7 Å². The van der Waals surface area contributed by atoms with Crippen molar-refractivity contribution in [3.8, 4) is 17.5 Å². The van der Waals surface area contributed by atoms with E-state index < -0.39 is 17.4 Å². The van der Waals surface area contributed by atoms with Crippen molar-refractivity contribution in [1.82, 2.24) is 9.55 Å². The van der Waals surface area contributed by atoms with Crippen LogP contribution < -0.4 is 4.90 Å². The van der Waals surface area contributed by atoms with Crippen LogP contribution in [0.3, 0.4) is 0 Å². The van der Waals surface area contributed by atoms with Crippen molar-refractivity contribution in [2.45, 2.75) is 20.0 Å². The minimum Gasteiger partial charge on any atom is -0.313 e. The summed E-state index contributed by atoms with van der Waals surface area (Å²) in [7, 11) is 0. The van der Waals surface area contributed by atoms with Crippen molar-refractivity contribution >= 4 is 16.7 Å². The van der Waals surface area contributed by atoms with Gasteiger partial charge in [0.05, 0.1) is 16.4 Å². The van der Waals surface area contributed by atoms with Crippen molar-refractivity contribution in [2.24, 2.45) is 5.41 Å². The lowest BCUT2D eigenvalue weighted by Gasteiger charge is -2.24. The molecule has 1 aliphatic heterocycles. The van der Waals surface area contributed by atoms with Crippen molar-refractivity contribution < 1.29 is 13.2 Å². The number of hydrogen-bond acceptors (Lipinski definition) is 2. The number of aromatic nitrogens is 2. The van der Waals surface area contributed by atoms with Crippen molar-refractivity contribution in [3.05, 3.63) is 102 Å². The average molecular weight is 443 g/mol. The highest BCUT2D eigenvalue weighted by molar-refractivity contribution is 5.85. The largest absolute Gasteiger partial charge is 0.450 e. The van der Waals surface area contributed by atoms with E-state index in [0.29, 0.717) is 28.3 Å². The van der Waals surface area contributed by atoms with Crippen molar-refractivity contribution in [2.75, 3.05) is 4.90 Å². The highest BCUT2D eigenvalue weighted by Crippen LogP contribution is 2.51. The van der Waals surface area contributed by atoms with Crippen LogP contribution in [0.1, 0.15) is 18.3 Å². The zero-order chi connectivity index (χ0) is 23.5. The Bertz CT molecular complexity index is 1460. The molecule has 6 heteroatoms. The van der Waals surface area contributed by atoms with Gasteiger partial charge < -0.3 is 4.90 Å². The molecule has 1 aliphatic carbocycles. The van der Waals surface area contributed by atoms with Gasteiger partial charge in [0.1, 0.15) is 0 Å². The molecule has 5 rings (SSSR count). The molecule has 0 spiro atoms. The number of benzene rings is 2. The molecule has 0 saturated carbocycles. The van der Waals surface area contributed by atoms with Crippen LogP contribution in [0, 0.1) is 24.2 Å². The molecule has 1 unspecified atom stereocenters. The van der Waals surface area contributed by atoms with E-state index in [9.17, 15) is 13.2 Å². The molecule has 3 nitrogen and oxygen atoms in total. The number of halogens is 3. The van der Waals surface area contributed by atoms with Gasteiger partial charge in [-0.05, 0) is 55.8 Å². The fourth-order valence-electron chi connectivity index (χ4n) is 4.40. The molecule has 1 fully saturated rings. The minimum atomic E-state index is -4.61. The van der Waals surface area contributed by atoms with E-state index in [2.05, 4.69) is 30.0 Å². The molecular weight excluding hydrogens is 423 g/mol. The van der Waals surface area contributed by atoms with Gasteiger partial charge in [0.25, 0.3) is 0 Å². The van der Waals surface area contributed by atoms with Crippen LogP contribution in [0.5, 0.6) is 0 Å². The quantitative estimate of drug-likeness (QED) is 0.411. The predicted octanol–water partition coefficient (Wildman–Crippen LogP) is 6.71. The number of aryl methyl sites for hydroxylation is 1. The zero-order valence-corrected chi connectivity index (χ0v) is 18.2. The molecular formula is C27H20F3N3. The maximum atomic E-state index is 13.9. The van der Waals surface area contributed by atoms with E-state index >= 15 is 0 Å². The molecule has 0 radical (unpaired) electrons. The monoisotopic (exact) mass is 443 g/mol. The van der Waals surface area contributed by atoms with Crippen LogP contribution >= 0.6 is 0 Å². The van der Waals surface area contributed by atoms with E-state index in [0.717, 1.165) is 15.7 Å². The summed E-state index contributed by atoms with van der Waals surface area (Å²) in [6.07, 6.45) is 0.951. The lowest BCUT2D eigenvalue weighted by atomic mass is 9.82. The maximum absolute atomic E-state index is 13.9. The number of allylic oxidation sites excluding steroid dienone is 5. The van der Waals surface area contributed by atoms with Crippen molar-refractivity contribution in [3.63, 3.8) is 0 Å². The summed E-state index contributed by atoms with van der Waals surface area (Å²) in [5, 5.41) is 0. The van der Waals surface area contributed by atoms with Gasteiger partial charge in [0.2, 0.25) is 5.82 Å². The van der Waals surface area contributed by atoms with E-state index in [4.69, 9.17) is 0 Å². The summed E-state index contributed by atoms with van der Waals surface area (Å²) in [5.41, 5.74) is 4.28. The lowest BCUT2D eigenvalue weighted by molar-refractivity contribution is -0.145. The fraction of sp³-hybridized carbons (Fsp3) is 0.148. The Morgan fingerprint density at radius 3 is 2.42 bits per heavy atom. The van der Waals surface area contributed by atoms with Crippen LogP contribution in [-0.4, -0.2) is 9.55 Å². The van der Waals surface area contributed by atoms with Gasteiger partial charge in [-0.2, -0.15) is 13.2 Å². The van der Waals surface area contributed by atoms with Crippen molar-refractivity contribution in [1.29, 1.82) is 0 Å². The molecule has 1 aromatic heterocycles. The number of nitrogens with zero attached hydrogens (tertiary/aromatic N) is 3. The first-order chi connectivity index (χ1) is 15.6. The number of rotatable bonds is 2. The first-order valence-corrected chi connectivity index (χ1v) is 10.4. The average Bonchev–Trinajstić information content (AvgIpc) is 3.13. The number of fused-ring (bicyclic) bond motifs is 2. The Morgan fingerprint density at radius 2 is 1.73 bits per heavy atom. The zero-order valence-electron chi connectivity index (χ0n) is 18.2. The Kier molecular flexibility index (Phi) is 4.44. The molecule has 0 bridgehead atoms. The normalized spacial score (nSPS) is 19.9. The third kappa shape index (κ3) is 3.12. The summed E-state index contributed by atoms with van der Waals surface area (Å²) in [6, 6.07) is 12.0. The molecule has 1 atom stereocenters. The van der Waals surface area contributed by atoms with Gasteiger partial charge in [-0.3, -0.25) is 4.57 Å². The summed E-state index contributed by atoms with van der Waals surface area (Å²) in [5.74, 6) is 5.27. The second-order valence-corrected chi connectivity index (χ2v) is 8.34. The first-order valence-electron chi connectivity index (χ1n) is 10.4. The van der Waals surface area contributed by atoms with Crippen LogP contribution in [0.2, 0.25) is 0 Å². The number of alkyl halides is 3. The summed E-state index contributed by atoms with van der Waals surface area (Å²) >= 11 is 0. The molecule has 2 heterocycles.